The molecule has 3 rings (SSSR count). The summed E-state index contributed by atoms with van der Waals surface area (Å²) in [5, 5.41) is 0. The summed E-state index contributed by atoms with van der Waals surface area (Å²) >= 11 is 0. The van der Waals surface area contributed by atoms with Crippen LogP contribution in [0.15, 0.2) is 54.9 Å². The minimum atomic E-state index is -0.298. The van der Waals surface area contributed by atoms with E-state index in [2.05, 4.69) is 16.8 Å². The number of hydrogen-bond donors (Lipinski definition) is 0. The van der Waals surface area contributed by atoms with Crippen molar-refractivity contribution >= 4 is 11.9 Å². The topological polar surface area (TPSA) is 59.5 Å². The van der Waals surface area contributed by atoms with E-state index in [1.807, 2.05) is 30.3 Å². The van der Waals surface area contributed by atoms with Crippen molar-refractivity contribution in [2.24, 2.45) is 5.92 Å². The third kappa shape index (κ3) is 4.70. The number of amides is 1. The van der Waals surface area contributed by atoms with Gasteiger partial charge in [0.2, 0.25) is 0 Å². The van der Waals surface area contributed by atoms with Gasteiger partial charge in [0.05, 0.1) is 5.92 Å². The molecule has 2 heterocycles. The van der Waals surface area contributed by atoms with Crippen molar-refractivity contribution in [1.82, 2.24) is 9.88 Å². The van der Waals surface area contributed by atoms with E-state index in [0.29, 0.717) is 18.7 Å². The Labute approximate surface area is 153 Å². The number of carbonyl (C=O) groups is 2. The van der Waals surface area contributed by atoms with Crippen LogP contribution < -0.4 is 0 Å². The number of hydrogen-bond acceptors (Lipinski definition) is 4. The largest absolute Gasteiger partial charge is 0.452 e. The fourth-order valence-electron chi connectivity index (χ4n) is 2.92. The number of pyridine rings is 1. The molecule has 0 bridgehead atoms. The van der Waals surface area contributed by atoms with Gasteiger partial charge in [-0.3, -0.25) is 14.6 Å². The van der Waals surface area contributed by atoms with E-state index in [-0.39, 0.29) is 24.4 Å². The van der Waals surface area contributed by atoms with Crippen LogP contribution in [-0.4, -0.2) is 41.5 Å². The third-order valence-electron chi connectivity index (χ3n) is 4.26. The van der Waals surface area contributed by atoms with Crippen LogP contribution in [-0.2, 0) is 9.53 Å². The molecule has 1 atom stereocenters. The summed E-state index contributed by atoms with van der Waals surface area (Å²) in [6, 6.07) is 12.9. The lowest BCUT2D eigenvalue weighted by molar-refractivity contribution is -0.148. The number of rotatable bonds is 3. The van der Waals surface area contributed by atoms with Crippen LogP contribution in [0.25, 0.3) is 0 Å². The van der Waals surface area contributed by atoms with E-state index in [0.717, 1.165) is 18.4 Å². The number of carbonyl (C=O) groups excluding carboxylic acids is 2. The van der Waals surface area contributed by atoms with Gasteiger partial charge in [-0.25, -0.2) is 0 Å². The first-order chi connectivity index (χ1) is 12.7. The number of nitrogens with zero attached hydrogens (tertiary/aromatic N) is 2. The van der Waals surface area contributed by atoms with Crippen molar-refractivity contribution in [2.45, 2.75) is 12.8 Å². The molecule has 0 N–H and O–H groups in total. The molecular formula is C21H20N2O3. The Morgan fingerprint density at radius 3 is 2.69 bits per heavy atom. The second kappa shape index (κ2) is 8.82. The highest BCUT2D eigenvalue weighted by Gasteiger charge is 2.29. The summed E-state index contributed by atoms with van der Waals surface area (Å²) in [6.45, 7) is 1.09. The van der Waals surface area contributed by atoms with E-state index in [4.69, 9.17) is 4.74 Å². The summed E-state index contributed by atoms with van der Waals surface area (Å²) in [5.74, 6) is 5.14. The van der Waals surface area contributed by atoms with Crippen molar-refractivity contribution < 1.29 is 14.3 Å². The van der Waals surface area contributed by atoms with Crippen LogP contribution in [0, 0.1) is 17.8 Å². The summed E-state index contributed by atoms with van der Waals surface area (Å²) in [5.41, 5.74) is 1.47. The maximum absolute atomic E-state index is 12.5. The van der Waals surface area contributed by atoms with Crippen LogP contribution in [0.3, 0.4) is 0 Å². The molecule has 26 heavy (non-hydrogen) atoms. The Kier molecular flexibility index (Phi) is 6.00. The number of likely N-dealkylation sites (tertiary alicyclic amines) is 1. The molecule has 0 radical (unpaired) electrons. The van der Waals surface area contributed by atoms with E-state index in [1.165, 1.54) is 0 Å². The highest BCUT2D eigenvalue weighted by molar-refractivity contribution is 5.94. The number of ether oxygens (including phenoxy) is 1. The first kappa shape index (κ1) is 17.7. The zero-order valence-electron chi connectivity index (χ0n) is 14.4. The molecular weight excluding hydrogens is 328 g/mol. The van der Waals surface area contributed by atoms with Gasteiger partial charge in [0.1, 0.15) is 0 Å². The monoisotopic (exact) mass is 348 g/mol. The molecule has 1 saturated heterocycles. The molecule has 2 aromatic rings. The predicted molar refractivity (Wildman–Crippen MR) is 97.1 cm³/mol. The standard InChI is InChI=1S/C21H20N2O3/c24-20(18-10-12-22-13-11-18)23-14-4-9-19(16-23)21(25)26-15-5-8-17-6-2-1-3-7-17/h1-3,6-7,10-13,19H,4,9,14-16H2/t19-/m1/s1. The van der Waals surface area contributed by atoms with E-state index in [1.54, 1.807) is 29.4 Å². The normalized spacial score (nSPS) is 16.3. The first-order valence-corrected chi connectivity index (χ1v) is 8.64. The van der Waals surface area contributed by atoms with Gasteiger partial charge in [0, 0.05) is 36.6 Å². The molecule has 1 amide bonds. The fraction of sp³-hybridized carbons (Fsp3) is 0.286. The van der Waals surface area contributed by atoms with Crippen molar-refractivity contribution in [3.05, 3.63) is 66.0 Å². The van der Waals surface area contributed by atoms with Crippen LogP contribution in [0.2, 0.25) is 0 Å². The molecule has 0 spiro atoms. The number of aromatic nitrogens is 1. The molecule has 0 unspecified atom stereocenters. The molecule has 1 aliphatic heterocycles. The predicted octanol–water partition coefficient (Wildman–Crippen LogP) is 2.53. The average Bonchev–Trinajstić information content (AvgIpc) is 2.72. The van der Waals surface area contributed by atoms with Gasteiger partial charge in [-0.05, 0) is 37.1 Å². The Morgan fingerprint density at radius 2 is 1.92 bits per heavy atom. The summed E-state index contributed by atoms with van der Waals surface area (Å²) in [6.07, 6.45) is 4.69. The maximum Gasteiger partial charge on any atom is 0.311 e. The van der Waals surface area contributed by atoms with Crippen LogP contribution >= 0.6 is 0 Å². The number of esters is 1. The zero-order chi connectivity index (χ0) is 18.2. The lowest BCUT2D eigenvalue weighted by Gasteiger charge is -2.31. The van der Waals surface area contributed by atoms with Crippen molar-refractivity contribution in [3.63, 3.8) is 0 Å². The molecule has 0 aliphatic carbocycles. The zero-order valence-corrected chi connectivity index (χ0v) is 14.4. The highest BCUT2D eigenvalue weighted by Crippen LogP contribution is 2.19. The van der Waals surface area contributed by atoms with Crippen LogP contribution in [0.1, 0.15) is 28.8 Å². The van der Waals surface area contributed by atoms with Gasteiger partial charge in [-0.2, -0.15) is 0 Å². The van der Waals surface area contributed by atoms with Gasteiger partial charge in [0.15, 0.2) is 6.61 Å². The molecule has 1 aromatic carbocycles. The minimum absolute atomic E-state index is 0.0581. The summed E-state index contributed by atoms with van der Waals surface area (Å²) in [7, 11) is 0. The molecule has 1 aliphatic rings. The highest BCUT2D eigenvalue weighted by atomic mass is 16.5. The second-order valence-electron chi connectivity index (χ2n) is 6.10. The van der Waals surface area contributed by atoms with Crippen molar-refractivity contribution in [3.8, 4) is 11.8 Å². The van der Waals surface area contributed by atoms with E-state index in [9.17, 15) is 9.59 Å². The third-order valence-corrected chi connectivity index (χ3v) is 4.26. The van der Waals surface area contributed by atoms with Gasteiger partial charge < -0.3 is 9.64 Å². The molecule has 1 aromatic heterocycles. The SMILES string of the molecule is O=C(OCC#Cc1ccccc1)[C@@H]1CCCN(C(=O)c2ccncc2)C1. The van der Waals surface area contributed by atoms with Gasteiger partial charge >= 0.3 is 5.97 Å². The van der Waals surface area contributed by atoms with Crippen LogP contribution in [0.5, 0.6) is 0 Å². The second-order valence-corrected chi connectivity index (χ2v) is 6.10. The van der Waals surface area contributed by atoms with Gasteiger partial charge in [-0.15, -0.1) is 0 Å². The van der Waals surface area contributed by atoms with E-state index < -0.39 is 0 Å². The molecule has 132 valence electrons. The van der Waals surface area contributed by atoms with Gasteiger partial charge in [-0.1, -0.05) is 30.0 Å². The number of piperidine rings is 1. The van der Waals surface area contributed by atoms with Crippen molar-refractivity contribution in [2.75, 3.05) is 19.7 Å². The number of benzene rings is 1. The van der Waals surface area contributed by atoms with Gasteiger partial charge in [0.25, 0.3) is 5.91 Å². The minimum Gasteiger partial charge on any atom is -0.452 e. The molecule has 5 nitrogen and oxygen atoms in total. The Balaban J connectivity index is 1.52. The maximum atomic E-state index is 12.5. The molecule has 5 heteroatoms. The molecule has 1 fully saturated rings. The quantitative estimate of drug-likeness (QED) is 0.632. The smallest absolute Gasteiger partial charge is 0.311 e. The van der Waals surface area contributed by atoms with Crippen LogP contribution in [0.4, 0.5) is 0 Å². The molecule has 0 saturated carbocycles. The van der Waals surface area contributed by atoms with Crippen molar-refractivity contribution in [1.29, 1.82) is 0 Å². The van der Waals surface area contributed by atoms with E-state index >= 15 is 0 Å². The average molecular weight is 348 g/mol. The summed E-state index contributed by atoms with van der Waals surface area (Å²) < 4.78 is 5.28. The first-order valence-electron chi connectivity index (χ1n) is 8.64. The lowest BCUT2D eigenvalue weighted by atomic mass is 9.97. The Bertz CT molecular complexity index is 809. The summed E-state index contributed by atoms with van der Waals surface area (Å²) in [4.78, 5) is 30.4. The lowest BCUT2D eigenvalue weighted by Crippen LogP contribution is -2.42. The fourth-order valence-corrected chi connectivity index (χ4v) is 2.92. The Morgan fingerprint density at radius 1 is 1.15 bits per heavy atom. The Hall–Kier alpha value is -3.13.